The number of piperazine rings is 1. The van der Waals surface area contributed by atoms with Crippen molar-refractivity contribution in [1.29, 1.82) is 0 Å². The number of oxazole rings is 1. The molecule has 2 N–H and O–H groups in total. The SMILES string of the molecule is O=C(NC1CCCCC1)N1CCN(C(=O)c2ccc3oc(=O)[nH]c3c2)CC1. The fraction of sp³-hybridized carbons (Fsp3) is 0.526. The van der Waals surface area contributed by atoms with Crippen molar-refractivity contribution in [3.63, 3.8) is 0 Å². The molecule has 3 amide bonds. The first-order valence-corrected chi connectivity index (χ1v) is 9.58. The second-order valence-electron chi connectivity index (χ2n) is 7.29. The molecule has 144 valence electrons. The van der Waals surface area contributed by atoms with E-state index in [-0.39, 0.29) is 18.0 Å². The van der Waals surface area contributed by atoms with Crippen molar-refractivity contribution in [3.05, 3.63) is 34.3 Å². The molecule has 2 aliphatic rings. The van der Waals surface area contributed by atoms with Gasteiger partial charge in [0.2, 0.25) is 0 Å². The molecule has 1 aliphatic carbocycles. The van der Waals surface area contributed by atoms with Gasteiger partial charge in [0.15, 0.2) is 5.58 Å². The van der Waals surface area contributed by atoms with E-state index < -0.39 is 5.76 Å². The lowest BCUT2D eigenvalue weighted by Gasteiger charge is -2.36. The van der Waals surface area contributed by atoms with Crippen molar-refractivity contribution in [3.8, 4) is 0 Å². The average molecular weight is 372 g/mol. The van der Waals surface area contributed by atoms with Gasteiger partial charge in [0.25, 0.3) is 5.91 Å². The first-order chi connectivity index (χ1) is 13.1. The fourth-order valence-corrected chi connectivity index (χ4v) is 3.89. The van der Waals surface area contributed by atoms with Crippen LogP contribution in [0.4, 0.5) is 4.79 Å². The topological polar surface area (TPSA) is 98.7 Å². The molecule has 0 unspecified atom stereocenters. The molecule has 2 aromatic rings. The highest BCUT2D eigenvalue weighted by molar-refractivity contribution is 5.97. The van der Waals surface area contributed by atoms with E-state index >= 15 is 0 Å². The molecular weight excluding hydrogens is 348 g/mol. The normalized spacial score (nSPS) is 18.7. The van der Waals surface area contributed by atoms with E-state index in [2.05, 4.69) is 10.3 Å². The van der Waals surface area contributed by atoms with Crippen LogP contribution in [0.2, 0.25) is 0 Å². The number of carbonyl (C=O) groups is 2. The van der Waals surface area contributed by atoms with Crippen molar-refractivity contribution in [2.24, 2.45) is 0 Å². The zero-order chi connectivity index (χ0) is 18.8. The lowest BCUT2D eigenvalue weighted by molar-refractivity contribution is 0.0662. The van der Waals surface area contributed by atoms with Crippen LogP contribution in [0, 0.1) is 0 Å². The number of rotatable bonds is 2. The van der Waals surface area contributed by atoms with Crippen LogP contribution in [0.15, 0.2) is 27.4 Å². The summed E-state index contributed by atoms with van der Waals surface area (Å²) in [7, 11) is 0. The monoisotopic (exact) mass is 372 g/mol. The van der Waals surface area contributed by atoms with Gasteiger partial charge in [-0.25, -0.2) is 9.59 Å². The van der Waals surface area contributed by atoms with Gasteiger partial charge in [0.1, 0.15) is 0 Å². The molecule has 2 heterocycles. The number of aromatic nitrogens is 1. The minimum absolute atomic E-state index is 0.0219. The number of amides is 3. The van der Waals surface area contributed by atoms with Crippen LogP contribution in [0.1, 0.15) is 42.5 Å². The maximum atomic E-state index is 12.7. The van der Waals surface area contributed by atoms with Crippen molar-refractivity contribution < 1.29 is 14.0 Å². The van der Waals surface area contributed by atoms with Crippen LogP contribution >= 0.6 is 0 Å². The molecule has 2 fully saturated rings. The molecule has 0 spiro atoms. The third-order valence-electron chi connectivity index (χ3n) is 5.45. The Hall–Kier alpha value is -2.77. The van der Waals surface area contributed by atoms with Gasteiger partial charge in [-0.2, -0.15) is 0 Å². The van der Waals surface area contributed by atoms with E-state index in [1.807, 2.05) is 0 Å². The summed E-state index contributed by atoms with van der Waals surface area (Å²) >= 11 is 0. The molecule has 8 nitrogen and oxygen atoms in total. The molecule has 0 radical (unpaired) electrons. The van der Waals surface area contributed by atoms with Crippen molar-refractivity contribution in [1.82, 2.24) is 20.1 Å². The molecule has 1 saturated heterocycles. The standard InChI is InChI=1S/C19H24N4O4/c24-17(13-6-7-16-15(12-13)21-19(26)27-16)22-8-10-23(11-9-22)18(25)20-14-4-2-1-3-5-14/h6-7,12,14H,1-5,8-11H2,(H,20,25)(H,21,26). The van der Waals surface area contributed by atoms with Gasteiger partial charge >= 0.3 is 11.8 Å². The average Bonchev–Trinajstić information content (AvgIpc) is 3.07. The van der Waals surface area contributed by atoms with Gasteiger partial charge in [-0.15, -0.1) is 0 Å². The maximum Gasteiger partial charge on any atom is 0.417 e. The second kappa shape index (κ2) is 7.46. The molecular formula is C19H24N4O4. The number of hydrogen-bond acceptors (Lipinski definition) is 4. The minimum Gasteiger partial charge on any atom is -0.408 e. The molecule has 1 aliphatic heterocycles. The molecule has 8 heteroatoms. The summed E-state index contributed by atoms with van der Waals surface area (Å²) < 4.78 is 4.96. The number of hydrogen-bond donors (Lipinski definition) is 2. The Morgan fingerprint density at radius 1 is 1.04 bits per heavy atom. The van der Waals surface area contributed by atoms with E-state index in [9.17, 15) is 14.4 Å². The molecule has 0 atom stereocenters. The molecule has 0 bridgehead atoms. The first-order valence-electron chi connectivity index (χ1n) is 9.58. The Kier molecular flexibility index (Phi) is 4.87. The highest BCUT2D eigenvalue weighted by atomic mass is 16.4. The van der Waals surface area contributed by atoms with E-state index in [1.165, 1.54) is 19.3 Å². The van der Waals surface area contributed by atoms with Gasteiger partial charge in [0.05, 0.1) is 5.52 Å². The first kappa shape index (κ1) is 17.6. The summed E-state index contributed by atoms with van der Waals surface area (Å²) in [5, 5.41) is 3.13. The third-order valence-corrected chi connectivity index (χ3v) is 5.45. The van der Waals surface area contributed by atoms with Crippen LogP contribution in [0.25, 0.3) is 11.1 Å². The summed E-state index contributed by atoms with van der Waals surface area (Å²) in [5.41, 5.74) is 1.44. The molecule has 27 heavy (non-hydrogen) atoms. The van der Waals surface area contributed by atoms with Crippen molar-refractivity contribution >= 4 is 23.0 Å². The van der Waals surface area contributed by atoms with Crippen LogP contribution in [0.3, 0.4) is 0 Å². The van der Waals surface area contributed by atoms with Crippen molar-refractivity contribution in [2.75, 3.05) is 26.2 Å². The number of benzene rings is 1. The lowest BCUT2D eigenvalue weighted by atomic mass is 9.96. The second-order valence-corrected chi connectivity index (χ2v) is 7.29. The Morgan fingerprint density at radius 3 is 2.48 bits per heavy atom. The molecule has 1 saturated carbocycles. The van der Waals surface area contributed by atoms with E-state index in [0.29, 0.717) is 42.8 Å². The maximum absolute atomic E-state index is 12.7. The van der Waals surface area contributed by atoms with Gasteiger partial charge in [0, 0.05) is 37.8 Å². The number of aromatic amines is 1. The number of urea groups is 1. The Labute approximate surface area is 156 Å². The number of nitrogens with one attached hydrogen (secondary N) is 2. The summed E-state index contributed by atoms with van der Waals surface area (Å²) in [5.74, 6) is -0.640. The van der Waals surface area contributed by atoms with Crippen LogP contribution in [-0.4, -0.2) is 58.9 Å². The summed E-state index contributed by atoms with van der Waals surface area (Å²) in [4.78, 5) is 42.5. The number of fused-ring (bicyclic) bond motifs is 1. The third kappa shape index (κ3) is 3.84. The Bertz CT molecular complexity index is 888. The summed E-state index contributed by atoms with van der Waals surface area (Å²) in [6.07, 6.45) is 5.73. The highest BCUT2D eigenvalue weighted by Crippen LogP contribution is 2.18. The van der Waals surface area contributed by atoms with Crippen molar-refractivity contribution in [2.45, 2.75) is 38.1 Å². The number of nitrogens with zero attached hydrogens (tertiary/aromatic N) is 2. The van der Waals surface area contributed by atoms with Gasteiger partial charge in [-0.05, 0) is 31.0 Å². The zero-order valence-electron chi connectivity index (χ0n) is 15.2. The fourth-order valence-electron chi connectivity index (χ4n) is 3.89. The predicted octanol–water partition coefficient (Wildman–Crippen LogP) is 1.92. The Morgan fingerprint density at radius 2 is 1.74 bits per heavy atom. The van der Waals surface area contributed by atoms with Gasteiger partial charge < -0.3 is 19.5 Å². The van der Waals surface area contributed by atoms with E-state index in [1.54, 1.807) is 28.0 Å². The zero-order valence-corrected chi connectivity index (χ0v) is 15.2. The minimum atomic E-state index is -0.535. The summed E-state index contributed by atoms with van der Waals surface area (Å²) in [6, 6.07) is 5.17. The van der Waals surface area contributed by atoms with Crippen LogP contribution in [0.5, 0.6) is 0 Å². The number of H-pyrrole nitrogens is 1. The predicted molar refractivity (Wildman–Crippen MR) is 99.7 cm³/mol. The van der Waals surface area contributed by atoms with Gasteiger partial charge in [-0.3, -0.25) is 9.78 Å². The largest absolute Gasteiger partial charge is 0.417 e. The smallest absolute Gasteiger partial charge is 0.408 e. The molecule has 4 rings (SSSR count). The van der Waals surface area contributed by atoms with E-state index in [0.717, 1.165) is 12.8 Å². The molecule has 1 aromatic heterocycles. The van der Waals surface area contributed by atoms with Gasteiger partial charge in [-0.1, -0.05) is 19.3 Å². The van der Waals surface area contributed by atoms with Crippen LogP contribution < -0.4 is 11.1 Å². The number of carbonyl (C=O) groups excluding carboxylic acids is 2. The quantitative estimate of drug-likeness (QED) is 0.841. The van der Waals surface area contributed by atoms with E-state index in [4.69, 9.17) is 4.42 Å². The Balaban J connectivity index is 1.34. The lowest BCUT2D eigenvalue weighted by Crippen LogP contribution is -2.54. The highest BCUT2D eigenvalue weighted by Gasteiger charge is 2.26. The van der Waals surface area contributed by atoms with Crippen LogP contribution in [-0.2, 0) is 0 Å². The summed E-state index contributed by atoms with van der Waals surface area (Å²) in [6.45, 7) is 2.04. The molecule has 1 aromatic carbocycles.